The van der Waals surface area contributed by atoms with Gasteiger partial charge in [-0.15, -0.1) is 0 Å². The molecule has 2 rings (SSSR count). The van der Waals surface area contributed by atoms with Crippen LogP contribution in [0.4, 0.5) is 0 Å². The molecule has 1 fully saturated rings. The van der Waals surface area contributed by atoms with Crippen LogP contribution in [0, 0.1) is 11.3 Å². The maximum atomic E-state index is 9.16. The van der Waals surface area contributed by atoms with E-state index in [1.165, 1.54) is 5.56 Å². The number of benzene rings is 1. The molecular formula is C17H23N3. The van der Waals surface area contributed by atoms with E-state index in [9.17, 15) is 0 Å². The molecule has 1 aliphatic rings. The van der Waals surface area contributed by atoms with Crippen LogP contribution in [0.15, 0.2) is 36.4 Å². The zero-order chi connectivity index (χ0) is 14.4. The van der Waals surface area contributed by atoms with E-state index in [2.05, 4.69) is 52.3 Å². The van der Waals surface area contributed by atoms with Crippen molar-refractivity contribution >= 4 is 6.08 Å². The fraction of sp³-hybridized carbons (Fsp3) is 0.471. The summed E-state index contributed by atoms with van der Waals surface area (Å²) in [5, 5.41) is 9.16. The fourth-order valence-corrected chi connectivity index (χ4v) is 2.46. The van der Waals surface area contributed by atoms with E-state index in [4.69, 9.17) is 5.26 Å². The Morgan fingerprint density at radius 3 is 2.40 bits per heavy atom. The monoisotopic (exact) mass is 269 g/mol. The molecule has 0 aromatic heterocycles. The minimum absolute atomic E-state index is 0.341. The lowest BCUT2D eigenvalue weighted by atomic mass is 10.0. The van der Waals surface area contributed by atoms with Crippen LogP contribution in [0.2, 0.25) is 0 Å². The fourth-order valence-electron chi connectivity index (χ4n) is 2.46. The highest BCUT2D eigenvalue weighted by Crippen LogP contribution is 2.15. The Labute approximate surface area is 122 Å². The third-order valence-corrected chi connectivity index (χ3v) is 3.91. The Morgan fingerprint density at radius 2 is 1.80 bits per heavy atom. The van der Waals surface area contributed by atoms with E-state index < -0.39 is 0 Å². The summed E-state index contributed by atoms with van der Waals surface area (Å²) in [5.41, 5.74) is 0.906. The molecule has 20 heavy (non-hydrogen) atoms. The Kier molecular flexibility index (Phi) is 4.94. The van der Waals surface area contributed by atoms with Crippen molar-refractivity contribution in [3.63, 3.8) is 0 Å². The summed E-state index contributed by atoms with van der Waals surface area (Å²) >= 11 is 0. The van der Waals surface area contributed by atoms with Crippen molar-refractivity contribution in [3.05, 3.63) is 42.0 Å². The van der Waals surface area contributed by atoms with Gasteiger partial charge in [0.05, 0.1) is 6.07 Å². The zero-order valence-corrected chi connectivity index (χ0v) is 12.4. The summed E-state index contributed by atoms with van der Waals surface area (Å²) in [7, 11) is 0. The van der Waals surface area contributed by atoms with Crippen LogP contribution >= 0.6 is 0 Å². The number of piperazine rings is 1. The lowest BCUT2D eigenvalue weighted by molar-refractivity contribution is 0.0863. The van der Waals surface area contributed by atoms with Crippen molar-refractivity contribution in [2.45, 2.75) is 19.4 Å². The second-order valence-corrected chi connectivity index (χ2v) is 5.77. The predicted octanol–water partition coefficient (Wildman–Crippen LogP) is 2.62. The smallest absolute Gasteiger partial charge is 0.103 e. The van der Waals surface area contributed by atoms with Crippen LogP contribution in [0.25, 0.3) is 6.08 Å². The van der Waals surface area contributed by atoms with Crippen LogP contribution in [0.3, 0.4) is 0 Å². The molecule has 1 aliphatic heterocycles. The minimum atomic E-state index is -0.341. The van der Waals surface area contributed by atoms with E-state index in [1.807, 2.05) is 19.9 Å². The van der Waals surface area contributed by atoms with E-state index in [0.717, 1.165) is 32.7 Å². The van der Waals surface area contributed by atoms with Crippen LogP contribution in [0.1, 0.15) is 19.4 Å². The third kappa shape index (κ3) is 3.93. The predicted molar refractivity (Wildman–Crippen MR) is 83.2 cm³/mol. The first kappa shape index (κ1) is 14.8. The van der Waals surface area contributed by atoms with Gasteiger partial charge in [-0.1, -0.05) is 42.5 Å². The molecule has 1 saturated heterocycles. The molecule has 3 nitrogen and oxygen atoms in total. The number of hydrogen-bond donors (Lipinski definition) is 0. The molecular weight excluding hydrogens is 246 g/mol. The van der Waals surface area contributed by atoms with Crippen LogP contribution in [0.5, 0.6) is 0 Å². The van der Waals surface area contributed by atoms with Crippen molar-refractivity contribution in [1.29, 1.82) is 5.26 Å². The number of nitrogens with zero attached hydrogens (tertiary/aromatic N) is 3. The summed E-state index contributed by atoms with van der Waals surface area (Å²) in [6, 6.07) is 12.8. The van der Waals surface area contributed by atoms with Gasteiger partial charge in [0.2, 0.25) is 0 Å². The van der Waals surface area contributed by atoms with Gasteiger partial charge in [0, 0.05) is 32.7 Å². The van der Waals surface area contributed by atoms with E-state index >= 15 is 0 Å². The number of nitriles is 1. The van der Waals surface area contributed by atoms with Crippen molar-refractivity contribution in [1.82, 2.24) is 9.80 Å². The van der Waals surface area contributed by atoms with Gasteiger partial charge in [-0.3, -0.25) is 9.80 Å². The molecule has 0 saturated carbocycles. The molecule has 0 N–H and O–H groups in total. The van der Waals surface area contributed by atoms with Crippen LogP contribution in [-0.2, 0) is 0 Å². The molecule has 106 valence electrons. The molecule has 0 unspecified atom stereocenters. The zero-order valence-electron chi connectivity index (χ0n) is 12.4. The number of rotatable bonds is 4. The van der Waals surface area contributed by atoms with Gasteiger partial charge in [-0.2, -0.15) is 5.26 Å². The Hall–Kier alpha value is -1.63. The summed E-state index contributed by atoms with van der Waals surface area (Å²) in [4.78, 5) is 4.70. The van der Waals surface area contributed by atoms with Crippen molar-refractivity contribution in [2.24, 2.45) is 0 Å². The summed E-state index contributed by atoms with van der Waals surface area (Å²) in [6.07, 6.45) is 4.39. The van der Waals surface area contributed by atoms with Gasteiger partial charge in [0.15, 0.2) is 0 Å². The van der Waals surface area contributed by atoms with Crippen LogP contribution < -0.4 is 0 Å². The highest BCUT2D eigenvalue weighted by Gasteiger charge is 2.29. The van der Waals surface area contributed by atoms with Crippen molar-refractivity contribution in [3.8, 4) is 6.07 Å². The molecule has 1 aromatic carbocycles. The van der Waals surface area contributed by atoms with Crippen molar-refractivity contribution < 1.29 is 0 Å². The maximum absolute atomic E-state index is 9.16. The van der Waals surface area contributed by atoms with Gasteiger partial charge in [0.1, 0.15) is 5.54 Å². The van der Waals surface area contributed by atoms with E-state index in [0.29, 0.717) is 0 Å². The minimum Gasteiger partial charge on any atom is -0.297 e. The topological polar surface area (TPSA) is 30.3 Å². The normalized spacial score (nSPS) is 18.2. The molecule has 0 radical (unpaired) electrons. The maximum Gasteiger partial charge on any atom is 0.103 e. The van der Waals surface area contributed by atoms with Gasteiger partial charge >= 0.3 is 0 Å². The molecule has 0 amide bonds. The Bertz CT molecular complexity index is 477. The second kappa shape index (κ2) is 6.69. The molecule has 0 aliphatic carbocycles. The third-order valence-electron chi connectivity index (χ3n) is 3.91. The first-order valence-corrected chi connectivity index (χ1v) is 7.22. The Morgan fingerprint density at radius 1 is 1.15 bits per heavy atom. The standard InChI is InChI=1S/C17H23N3/c1-17(2,15-18)20-13-11-19(12-14-20)10-6-9-16-7-4-3-5-8-16/h3-9H,10-14H2,1-2H3. The van der Waals surface area contributed by atoms with Crippen molar-refractivity contribution in [2.75, 3.05) is 32.7 Å². The highest BCUT2D eigenvalue weighted by atomic mass is 15.3. The first-order valence-electron chi connectivity index (χ1n) is 7.22. The molecule has 1 aromatic rings. The molecule has 0 bridgehead atoms. The van der Waals surface area contributed by atoms with Gasteiger partial charge < -0.3 is 0 Å². The van der Waals surface area contributed by atoms with Gasteiger partial charge in [-0.25, -0.2) is 0 Å². The van der Waals surface area contributed by atoms with Gasteiger partial charge in [-0.05, 0) is 19.4 Å². The summed E-state index contributed by atoms with van der Waals surface area (Å²) in [6.45, 7) is 8.99. The number of hydrogen-bond acceptors (Lipinski definition) is 3. The van der Waals surface area contributed by atoms with Gasteiger partial charge in [0.25, 0.3) is 0 Å². The summed E-state index contributed by atoms with van der Waals surface area (Å²) < 4.78 is 0. The SMILES string of the molecule is CC(C)(C#N)N1CCN(CC=Cc2ccccc2)CC1. The second-order valence-electron chi connectivity index (χ2n) is 5.77. The summed E-state index contributed by atoms with van der Waals surface area (Å²) in [5.74, 6) is 0. The van der Waals surface area contributed by atoms with E-state index in [-0.39, 0.29) is 5.54 Å². The largest absolute Gasteiger partial charge is 0.297 e. The van der Waals surface area contributed by atoms with E-state index in [1.54, 1.807) is 0 Å². The molecule has 1 heterocycles. The lowest BCUT2D eigenvalue weighted by Crippen LogP contribution is -2.53. The van der Waals surface area contributed by atoms with Crippen LogP contribution in [-0.4, -0.2) is 48.1 Å². The first-order chi connectivity index (χ1) is 9.62. The Balaban J connectivity index is 1.78. The highest BCUT2D eigenvalue weighted by molar-refractivity contribution is 5.48. The molecule has 3 heteroatoms. The average Bonchev–Trinajstić information content (AvgIpc) is 2.49. The molecule has 0 spiro atoms. The lowest BCUT2D eigenvalue weighted by Gasteiger charge is -2.40. The average molecular weight is 269 g/mol. The molecule has 0 atom stereocenters. The quantitative estimate of drug-likeness (QED) is 0.841.